The van der Waals surface area contributed by atoms with E-state index in [0.717, 1.165) is 55.6 Å². The Kier molecular flexibility index (Phi) is 6.80. The van der Waals surface area contributed by atoms with Gasteiger partial charge in [0.25, 0.3) is 0 Å². The van der Waals surface area contributed by atoms with Gasteiger partial charge in [-0.15, -0.1) is 11.3 Å². The normalized spacial score (nSPS) is 11.9. The van der Waals surface area contributed by atoms with E-state index >= 15 is 0 Å². The molecule has 3 aromatic heterocycles. The van der Waals surface area contributed by atoms with E-state index in [1.54, 1.807) is 0 Å². The molecule has 0 bridgehead atoms. The first-order valence-corrected chi connectivity index (χ1v) is 19.8. The van der Waals surface area contributed by atoms with Gasteiger partial charge in [-0.25, -0.2) is 0 Å². The highest BCUT2D eigenvalue weighted by molar-refractivity contribution is 7.25. The van der Waals surface area contributed by atoms with E-state index in [-0.39, 0.29) is 0 Å². The van der Waals surface area contributed by atoms with E-state index in [9.17, 15) is 0 Å². The molecule has 262 valence electrons. The van der Waals surface area contributed by atoms with Gasteiger partial charge in [0.05, 0.1) is 22.1 Å². The van der Waals surface area contributed by atoms with Crippen molar-refractivity contribution < 1.29 is 4.42 Å². The molecule has 9 aromatic carbocycles. The highest BCUT2D eigenvalue weighted by Gasteiger charge is 2.21. The lowest BCUT2D eigenvalue weighted by atomic mass is 10.0. The van der Waals surface area contributed by atoms with Gasteiger partial charge in [-0.05, 0) is 89.3 Å². The standard InChI is InChI=1S/C52H32N2OS/c1-2-14-39-34(11-1)25-29-44-51-47(20-10-21-48(51)55-52(39)44)53(38-28-30-43-42-17-5-8-22-49(42)56-50(43)32-38)36-26-23-33(24-27-36)35-12-9-13-37(31-35)54-45-18-6-3-15-40(45)41-16-4-7-19-46(41)54/h1-32H. The fraction of sp³-hybridized carbons (Fsp3) is 0. The third kappa shape index (κ3) is 4.70. The molecule has 0 atom stereocenters. The SMILES string of the molecule is c1cc(-c2ccc(N(c3ccc4c(c3)sc3ccccc34)c3cccc4oc5c6ccccc6ccc5c34)cc2)cc(-n2c3ccccc3c3ccccc32)c1. The van der Waals surface area contributed by atoms with Crippen LogP contribution in [-0.2, 0) is 0 Å². The lowest BCUT2D eigenvalue weighted by Crippen LogP contribution is -2.10. The number of hydrogen-bond donors (Lipinski definition) is 0. The monoisotopic (exact) mass is 732 g/mol. The maximum atomic E-state index is 6.68. The molecule has 0 spiro atoms. The Labute approximate surface area is 326 Å². The minimum atomic E-state index is 0.875. The number of hydrogen-bond acceptors (Lipinski definition) is 3. The Morgan fingerprint density at radius 2 is 1.09 bits per heavy atom. The fourth-order valence-electron chi connectivity index (χ4n) is 8.83. The van der Waals surface area contributed by atoms with Gasteiger partial charge in [-0.2, -0.15) is 0 Å². The number of thiophene rings is 1. The third-order valence-corrected chi connectivity index (χ3v) is 12.5. The molecular weight excluding hydrogens is 701 g/mol. The molecule has 12 rings (SSSR count). The molecule has 0 aliphatic rings. The summed E-state index contributed by atoms with van der Waals surface area (Å²) in [5.41, 5.74) is 11.0. The smallest absolute Gasteiger partial charge is 0.143 e. The minimum Gasteiger partial charge on any atom is -0.455 e. The summed E-state index contributed by atoms with van der Waals surface area (Å²) < 4.78 is 11.6. The maximum Gasteiger partial charge on any atom is 0.143 e. The summed E-state index contributed by atoms with van der Waals surface area (Å²) in [6, 6.07) is 70.2. The van der Waals surface area contributed by atoms with Gasteiger partial charge in [-0.3, -0.25) is 0 Å². The van der Waals surface area contributed by atoms with Gasteiger partial charge < -0.3 is 13.9 Å². The first kappa shape index (κ1) is 31.2. The van der Waals surface area contributed by atoms with Gasteiger partial charge in [0.2, 0.25) is 0 Å². The van der Waals surface area contributed by atoms with Crippen LogP contribution in [0, 0.1) is 0 Å². The molecule has 0 amide bonds. The van der Waals surface area contributed by atoms with Crippen LogP contribution in [0.4, 0.5) is 17.1 Å². The molecule has 0 unspecified atom stereocenters. The van der Waals surface area contributed by atoms with Crippen LogP contribution in [0.15, 0.2) is 199 Å². The van der Waals surface area contributed by atoms with Gasteiger partial charge in [-0.1, -0.05) is 121 Å². The van der Waals surface area contributed by atoms with Crippen molar-refractivity contribution in [2.24, 2.45) is 0 Å². The fourth-order valence-corrected chi connectivity index (χ4v) is 9.97. The minimum absolute atomic E-state index is 0.875. The lowest BCUT2D eigenvalue weighted by Gasteiger charge is -2.26. The molecule has 3 nitrogen and oxygen atoms in total. The van der Waals surface area contributed by atoms with Crippen molar-refractivity contribution in [3.63, 3.8) is 0 Å². The van der Waals surface area contributed by atoms with Crippen LogP contribution in [0.2, 0.25) is 0 Å². The van der Waals surface area contributed by atoms with E-state index in [1.165, 1.54) is 52.9 Å². The van der Waals surface area contributed by atoms with Crippen molar-refractivity contribution in [1.29, 1.82) is 0 Å². The first-order chi connectivity index (χ1) is 27.8. The molecule has 4 heteroatoms. The second-order valence-corrected chi connectivity index (χ2v) is 15.6. The molecular formula is C52H32N2OS. The van der Waals surface area contributed by atoms with Crippen molar-refractivity contribution in [2.45, 2.75) is 0 Å². The Hall–Kier alpha value is -7.14. The molecule has 0 radical (unpaired) electrons. The van der Waals surface area contributed by atoms with Crippen molar-refractivity contribution in [2.75, 3.05) is 4.90 Å². The molecule has 0 aliphatic carbocycles. The van der Waals surface area contributed by atoms with E-state index in [2.05, 4.69) is 204 Å². The van der Waals surface area contributed by atoms with Crippen LogP contribution >= 0.6 is 11.3 Å². The summed E-state index contributed by atoms with van der Waals surface area (Å²) in [5, 5.41) is 9.62. The van der Waals surface area contributed by atoms with Crippen LogP contribution in [0.25, 0.3) is 91.5 Å². The number of anilines is 3. The van der Waals surface area contributed by atoms with Gasteiger partial charge >= 0.3 is 0 Å². The van der Waals surface area contributed by atoms with Crippen LogP contribution in [-0.4, -0.2) is 4.57 Å². The number of fused-ring (bicyclic) bond motifs is 11. The van der Waals surface area contributed by atoms with E-state index < -0.39 is 0 Å². The largest absolute Gasteiger partial charge is 0.455 e. The Morgan fingerprint density at radius 3 is 1.91 bits per heavy atom. The second-order valence-electron chi connectivity index (χ2n) is 14.5. The number of para-hydroxylation sites is 2. The van der Waals surface area contributed by atoms with Crippen LogP contribution < -0.4 is 4.90 Å². The number of nitrogens with zero attached hydrogens (tertiary/aromatic N) is 2. The second kappa shape index (κ2) is 12.2. The van der Waals surface area contributed by atoms with Gasteiger partial charge in [0.1, 0.15) is 11.2 Å². The molecule has 0 saturated carbocycles. The zero-order valence-corrected chi connectivity index (χ0v) is 31.0. The summed E-state index contributed by atoms with van der Waals surface area (Å²) in [6.45, 7) is 0. The van der Waals surface area contributed by atoms with Crippen LogP contribution in [0.3, 0.4) is 0 Å². The average molecular weight is 733 g/mol. The quantitative estimate of drug-likeness (QED) is 0.176. The summed E-state index contributed by atoms with van der Waals surface area (Å²) in [7, 11) is 0. The first-order valence-electron chi connectivity index (χ1n) is 19.0. The summed E-state index contributed by atoms with van der Waals surface area (Å²) in [5.74, 6) is 0. The van der Waals surface area contributed by atoms with E-state index in [0.29, 0.717) is 0 Å². The number of rotatable bonds is 5. The highest BCUT2D eigenvalue weighted by Crippen LogP contribution is 2.46. The van der Waals surface area contributed by atoms with Crippen LogP contribution in [0.1, 0.15) is 0 Å². The molecule has 56 heavy (non-hydrogen) atoms. The Balaban J connectivity index is 1.03. The lowest BCUT2D eigenvalue weighted by molar-refractivity contribution is 0.672. The predicted molar refractivity (Wildman–Crippen MR) is 239 cm³/mol. The predicted octanol–water partition coefficient (Wildman–Crippen LogP) is 15.3. The zero-order valence-electron chi connectivity index (χ0n) is 30.2. The number of furan rings is 1. The van der Waals surface area contributed by atoms with Gasteiger partial charge in [0, 0.05) is 58.8 Å². The molecule has 0 saturated heterocycles. The van der Waals surface area contributed by atoms with Crippen molar-refractivity contribution in [1.82, 2.24) is 4.57 Å². The van der Waals surface area contributed by atoms with Crippen molar-refractivity contribution in [3.05, 3.63) is 194 Å². The van der Waals surface area contributed by atoms with Crippen molar-refractivity contribution in [3.8, 4) is 16.8 Å². The summed E-state index contributed by atoms with van der Waals surface area (Å²) in [6.07, 6.45) is 0. The summed E-state index contributed by atoms with van der Waals surface area (Å²) in [4.78, 5) is 2.40. The zero-order chi connectivity index (χ0) is 36.7. The maximum absolute atomic E-state index is 6.68. The molecule has 0 aliphatic heterocycles. The highest BCUT2D eigenvalue weighted by atomic mass is 32.1. The molecule has 0 fully saturated rings. The van der Waals surface area contributed by atoms with Crippen molar-refractivity contribution >= 4 is 103 Å². The number of aromatic nitrogens is 1. The van der Waals surface area contributed by atoms with E-state index in [1.807, 2.05) is 11.3 Å². The molecule has 3 heterocycles. The van der Waals surface area contributed by atoms with Gasteiger partial charge in [0.15, 0.2) is 0 Å². The Morgan fingerprint density at radius 1 is 0.429 bits per heavy atom. The average Bonchev–Trinajstić information content (AvgIpc) is 3.94. The molecule has 0 N–H and O–H groups in total. The Bertz CT molecular complexity index is 3440. The molecule has 12 aromatic rings. The third-order valence-electron chi connectivity index (χ3n) is 11.4. The number of benzene rings is 9. The van der Waals surface area contributed by atoms with Crippen LogP contribution in [0.5, 0.6) is 0 Å². The van der Waals surface area contributed by atoms with E-state index in [4.69, 9.17) is 4.42 Å². The topological polar surface area (TPSA) is 21.3 Å². The summed E-state index contributed by atoms with van der Waals surface area (Å²) >= 11 is 1.85.